The summed E-state index contributed by atoms with van der Waals surface area (Å²) in [6.45, 7) is 3.64. The fraction of sp³-hybridized carbons (Fsp3) is 0.429. The fourth-order valence-corrected chi connectivity index (χ4v) is 3.22. The summed E-state index contributed by atoms with van der Waals surface area (Å²) >= 11 is 1.64. The number of carbonyl (C=O) groups is 1. The quantitative estimate of drug-likeness (QED) is 0.934. The van der Waals surface area contributed by atoms with E-state index in [4.69, 9.17) is 0 Å². The van der Waals surface area contributed by atoms with Crippen molar-refractivity contribution in [3.05, 3.63) is 40.1 Å². The lowest BCUT2D eigenvalue weighted by Crippen LogP contribution is -2.29. The van der Waals surface area contributed by atoms with Gasteiger partial charge in [-0.05, 0) is 24.8 Å². The summed E-state index contributed by atoms with van der Waals surface area (Å²) < 4.78 is 0. The van der Waals surface area contributed by atoms with Crippen LogP contribution in [0.3, 0.4) is 0 Å². The number of aromatic amines is 1. The standard InChI is InChI=1S/C14H17N3OS/c1-10-8-15-14(16-10)11-4-5-17(9-11)13(18)7-12-3-2-6-19-12/h2-3,6,8,11H,4-5,7,9H2,1H3,(H,15,16)/t11-/m1/s1. The minimum atomic E-state index is 0.230. The van der Waals surface area contributed by atoms with Gasteiger partial charge in [0.15, 0.2) is 0 Å². The second-order valence-corrected chi connectivity index (χ2v) is 6.07. The zero-order chi connectivity index (χ0) is 13.2. The van der Waals surface area contributed by atoms with E-state index in [0.29, 0.717) is 12.3 Å². The molecule has 19 heavy (non-hydrogen) atoms. The Bertz CT molecular complexity index is 561. The molecule has 4 nitrogen and oxygen atoms in total. The van der Waals surface area contributed by atoms with Crippen LogP contribution in [0.4, 0.5) is 0 Å². The predicted molar refractivity (Wildman–Crippen MR) is 75.3 cm³/mol. The molecule has 0 bridgehead atoms. The van der Waals surface area contributed by atoms with Crippen LogP contribution in [-0.4, -0.2) is 33.9 Å². The van der Waals surface area contributed by atoms with Crippen molar-refractivity contribution >= 4 is 17.2 Å². The van der Waals surface area contributed by atoms with E-state index in [9.17, 15) is 4.79 Å². The molecule has 2 aromatic heterocycles. The van der Waals surface area contributed by atoms with Crippen molar-refractivity contribution in [2.24, 2.45) is 0 Å². The van der Waals surface area contributed by atoms with Crippen LogP contribution in [0.5, 0.6) is 0 Å². The summed E-state index contributed by atoms with van der Waals surface area (Å²) in [5, 5.41) is 2.01. The largest absolute Gasteiger partial charge is 0.346 e. The smallest absolute Gasteiger partial charge is 0.227 e. The van der Waals surface area contributed by atoms with Gasteiger partial charge in [0.05, 0.1) is 6.42 Å². The van der Waals surface area contributed by atoms with Crippen molar-refractivity contribution < 1.29 is 4.79 Å². The number of nitrogens with one attached hydrogen (secondary N) is 1. The van der Waals surface area contributed by atoms with Gasteiger partial charge in [0.2, 0.25) is 5.91 Å². The molecule has 1 atom stereocenters. The molecule has 0 aliphatic carbocycles. The van der Waals surface area contributed by atoms with Gasteiger partial charge in [0.25, 0.3) is 0 Å². The summed E-state index contributed by atoms with van der Waals surface area (Å²) in [7, 11) is 0. The molecule has 3 rings (SSSR count). The number of likely N-dealkylation sites (tertiary alicyclic amines) is 1. The molecule has 0 spiro atoms. The van der Waals surface area contributed by atoms with Crippen LogP contribution in [0.15, 0.2) is 23.7 Å². The average Bonchev–Trinajstić information content (AvgIpc) is 3.07. The van der Waals surface area contributed by atoms with E-state index >= 15 is 0 Å². The third-order valence-corrected chi connectivity index (χ3v) is 4.43. The second kappa shape index (κ2) is 5.17. The number of amides is 1. The molecule has 0 radical (unpaired) electrons. The molecule has 100 valence electrons. The summed E-state index contributed by atoms with van der Waals surface area (Å²) in [4.78, 5) is 23.0. The maximum atomic E-state index is 12.2. The summed E-state index contributed by atoms with van der Waals surface area (Å²) in [6, 6.07) is 4.01. The maximum Gasteiger partial charge on any atom is 0.227 e. The van der Waals surface area contributed by atoms with E-state index < -0.39 is 0 Å². The van der Waals surface area contributed by atoms with Crippen molar-refractivity contribution in [2.75, 3.05) is 13.1 Å². The van der Waals surface area contributed by atoms with E-state index in [1.165, 1.54) is 0 Å². The molecule has 2 aromatic rings. The zero-order valence-electron chi connectivity index (χ0n) is 10.9. The molecule has 1 N–H and O–H groups in total. The van der Waals surface area contributed by atoms with Gasteiger partial charge in [0.1, 0.15) is 5.82 Å². The number of aryl methyl sites for hydroxylation is 1. The molecule has 5 heteroatoms. The molecule has 1 fully saturated rings. The number of rotatable bonds is 3. The van der Waals surface area contributed by atoms with Crippen LogP contribution < -0.4 is 0 Å². The molecule has 0 saturated carbocycles. The maximum absolute atomic E-state index is 12.2. The van der Waals surface area contributed by atoms with Crippen molar-refractivity contribution in [2.45, 2.75) is 25.7 Å². The molecular weight excluding hydrogens is 258 g/mol. The van der Waals surface area contributed by atoms with Crippen molar-refractivity contribution in [1.82, 2.24) is 14.9 Å². The Kier molecular flexibility index (Phi) is 3.38. The number of thiophene rings is 1. The van der Waals surface area contributed by atoms with Crippen LogP contribution in [0.25, 0.3) is 0 Å². The normalized spacial score (nSPS) is 19.0. The molecule has 0 unspecified atom stereocenters. The first-order valence-corrected chi connectivity index (χ1v) is 7.42. The number of imidazole rings is 1. The first-order chi connectivity index (χ1) is 9.22. The third kappa shape index (κ3) is 2.71. The molecule has 0 aromatic carbocycles. The minimum absolute atomic E-state index is 0.230. The van der Waals surface area contributed by atoms with Gasteiger partial charge >= 0.3 is 0 Å². The van der Waals surface area contributed by atoms with E-state index in [-0.39, 0.29) is 5.91 Å². The first kappa shape index (κ1) is 12.4. The third-order valence-electron chi connectivity index (χ3n) is 3.56. The lowest BCUT2D eigenvalue weighted by molar-refractivity contribution is -0.129. The monoisotopic (exact) mass is 275 g/mol. The highest BCUT2D eigenvalue weighted by atomic mass is 32.1. The number of H-pyrrole nitrogens is 1. The summed E-state index contributed by atoms with van der Waals surface area (Å²) in [6.07, 6.45) is 3.39. The van der Waals surface area contributed by atoms with Gasteiger partial charge in [0, 0.05) is 35.8 Å². The van der Waals surface area contributed by atoms with Crippen molar-refractivity contribution in [1.29, 1.82) is 0 Å². The Morgan fingerprint density at radius 3 is 3.21 bits per heavy atom. The highest BCUT2D eigenvalue weighted by Crippen LogP contribution is 2.25. The Morgan fingerprint density at radius 1 is 1.63 bits per heavy atom. The molecule has 1 aliphatic rings. The van der Waals surface area contributed by atoms with E-state index in [1.54, 1.807) is 11.3 Å². The van der Waals surface area contributed by atoms with Gasteiger partial charge in [-0.15, -0.1) is 11.3 Å². The number of hydrogen-bond donors (Lipinski definition) is 1. The van der Waals surface area contributed by atoms with Crippen LogP contribution in [0.2, 0.25) is 0 Å². The molecule has 3 heterocycles. The Morgan fingerprint density at radius 2 is 2.53 bits per heavy atom. The van der Waals surface area contributed by atoms with Crippen LogP contribution in [0.1, 0.15) is 28.7 Å². The highest BCUT2D eigenvalue weighted by Gasteiger charge is 2.28. The second-order valence-electron chi connectivity index (χ2n) is 5.03. The number of aromatic nitrogens is 2. The minimum Gasteiger partial charge on any atom is -0.346 e. The number of nitrogens with zero attached hydrogens (tertiary/aromatic N) is 2. The van der Waals surface area contributed by atoms with Gasteiger partial charge in [-0.3, -0.25) is 4.79 Å². The van der Waals surface area contributed by atoms with Gasteiger partial charge in [-0.2, -0.15) is 0 Å². The van der Waals surface area contributed by atoms with Crippen molar-refractivity contribution in [3.8, 4) is 0 Å². The van der Waals surface area contributed by atoms with Gasteiger partial charge in [-0.25, -0.2) is 4.98 Å². The van der Waals surface area contributed by atoms with Crippen molar-refractivity contribution in [3.63, 3.8) is 0 Å². The fourth-order valence-electron chi connectivity index (χ4n) is 2.52. The van der Waals surface area contributed by atoms with E-state index in [1.807, 2.05) is 35.5 Å². The molecule has 1 aliphatic heterocycles. The van der Waals surface area contributed by atoms with Crippen LogP contribution >= 0.6 is 11.3 Å². The van der Waals surface area contributed by atoms with Crippen LogP contribution in [-0.2, 0) is 11.2 Å². The molecular formula is C14H17N3OS. The van der Waals surface area contributed by atoms with E-state index in [0.717, 1.165) is 35.9 Å². The Hall–Kier alpha value is -1.62. The average molecular weight is 275 g/mol. The molecule has 1 amide bonds. The predicted octanol–water partition coefficient (Wildman–Crippen LogP) is 2.34. The first-order valence-electron chi connectivity index (χ1n) is 6.54. The Labute approximate surface area is 116 Å². The van der Waals surface area contributed by atoms with E-state index in [2.05, 4.69) is 9.97 Å². The highest BCUT2D eigenvalue weighted by molar-refractivity contribution is 7.10. The number of carbonyl (C=O) groups excluding carboxylic acids is 1. The summed E-state index contributed by atoms with van der Waals surface area (Å²) in [5.41, 5.74) is 1.08. The summed E-state index contributed by atoms with van der Waals surface area (Å²) in [5.74, 6) is 1.61. The zero-order valence-corrected chi connectivity index (χ0v) is 11.7. The Balaban J connectivity index is 1.61. The van der Waals surface area contributed by atoms with Gasteiger partial charge in [-0.1, -0.05) is 6.07 Å². The SMILES string of the molecule is Cc1cnc([C@@H]2CCN(C(=O)Cc3cccs3)C2)[nH]1. The topological polar surface area (TPSA) is 49.0 Å². The lowest BCUT2D eigenvalue weighted by atomic mass is 10.1. The lowest BCUT2D eigenvalue weighted by Gasteiger charge is -2.15. The number of hydrogen-bond acceptors (Lipinski definition) is 3. The van der Waals surface area contributed by atoms with Gasteiger partial charge < -0.3 is 9.88 Å². The van der Waals surface area contributed by atoms with Crippen LogP contribution in [0, 0.1) is 6.92 Å². The molecule has 1 saturated heterocycles.